The van der Waals surface area contributed by atoms with E-state index in [4.69, 9.17) is 4.42 Å². The van der Waals surface area contributed by atoms with E-state index in [2.05, 4.69) is 21.2 Å². The Morgan fingerprint density at radius 3 is 2.44 bits per heavy atom. The first kappa shape index (κ1) is 17.6. The van der Waals surface area contributed by atoms with Gasteiger partial charge in [-0.2, -0.15) is 13.2 Å². The van der Waals surface area contributed by atoms with E-state index in [0.29, 0.717) is 17.1 Å². The molecule has 0 radical (unpaired) electrons. The summed E-state index contributed by atoms with van der Waals surface area (Å²) >= 11 is 3.37. The maximum Gasteiger partial charge on any atom is 0.416 e. The Labute approximate surface area is 160 Å². The number of carbonyl (C=O) groups is 1. The molecule has 7 heteroatoms. The number of carbonyl (C=O) groups excluding carboxylic acids is 1. The first-order valence-corrected chi connectivity index (χ1v) is 8.71. The third kappa shape index (κ3) is 3.42. The Morgan fingerprint density at radius 2 is 1.74 bits per heavy atom. The van der Waals surface area contributed by atoms with Crippen molar-refractivity contribution in [3.8, 4) is 11.3 Å². The van der Waals surface area contributed by atoms with Crippen LogP contribution in [0.15, 0.2) is 63.5 Å². The van der Waals surface area contributed by atoms with E-state index in [9.17, 15) is 18.0 Å². The topological polar surface area (TPSA) is 42.2 Å². The molecule has 1 N–H and O–H groups in total. The standard InChI is InChI=1S/C20H11BrF3NO2/c21-13-4-1-11(2-5-13)18-8-6-14(27-18)10-16-15-7-3-12(20(22,23)24)9-17(15)25-19(16)26/h1-10H,(H,25,26)/b16-10-. The minimum absolute atomic E-state index is 0.140. The van der Waals surface area contributed by atoms with Crippen molar-refractivity contribution >= 4 is 39.2 Å². The van der Waals surface area contributed by atoms with Crippen LogP contribution >= 0.6 is 15.9 Å². The molecule has 27 heavy (non-hydrogen) atoms. The van der Waals surface area contributed by atoms with Crippen molar-refractivity contribution in [2.24, 2.45) is 0 Å². The monoisotopic (exact) mass is 433 g/mol. The van der Waals surface area contributed by atoms with Crippen molar-refractivity contribution in [3.63, 3.8) is 0 Å². The van der Waals surface area contributed by atoms with Gasteiger partial charge < -0.3 is 9.73 Å². The molecular weight excluding hydrogens is 423 g/mol. The number of rotatable bonds is 2. The van der Waals surface area contributed by atoms with Gasteiger partial charge in [0.2, 0.25) is 0 Å². The first-order valence-electron chi connectivity index (χ1n) is 7.92. The summed E-state index contributed by atoms with van der Waals surface area (Å²) in [7, 11) is 0. The van der Waals surface area contributed by atoms with Crippen LogP contribution in [0.5, 0.6) is 0 Å². The summed E-state index contributed by atoms with van der Waals surface area (Å²) in [6.45, 7) is 0. The van der Waals surface area contributed by atoms with Gasteiger partial charge in [0.15, 0.2) is 0 Å². The maximum atomic E-state index is 12.8. The molecule has 2 aromatic carbocycles. The number of benzene rings is 2. The second-order valence-electron chi connectivity index (χ2n) is 5.98. The van der Waals surface area contributed by atoms with Gasteiger partial charge in [0.25, 0.3) is 5.91 Å². The number of nitrogens with one attached hydrogen (secondary N) is 1. The highest BCUT2D eigenvalue weighted by atomic mass is 79.9. The fraction of sp³-hybridized carbons (Fsp3) is 0.0500. The second-order valence-corrected chi connectivity index (χ2v) is 6.89. The molecule has 1 amide bonds. The third-order valence-electron chi connectivity index (χ3n) is 4.17. The molecule has 0 spiro atoms. The SMILES string of the molecule is O=C1Nc2cc(C(F)(F)F)ccc2/C1=C/c1ccc(-c2ccc(Br)cc2)o1. The number of halogens is 4. The van der Waals surface area contributed by atoms with E-state index < -0.39 is 17.6 Å². The van der Waals surface area contributed by atoms with Crippen LogP contribution in [0.25, 0.3) is 23.0 Å². The van der Waals surface area contributed by atoms with Crippen LogP contribution in [0, 0.1) is 0 Å². The van der Waals surface area contributed by atoms with Crippen molar-refractivity contribution in [1.82, 2.24) is 0 Å². The van der Waals surface area contributed by atoms with E-state index in [1.807, 2.05) is 24.3 Å². The number of anilines is 1. The van der Waals surface area contributed by atoms with Crippen LogP contribution in [0.4, 0.5) is 18.9 Å². The molecule has 3 aromatic rings. The van der Waals surface area contributed by atoms with Crippen LogP contribution in [0.3, 0.4) is 0 Å². The summed E-state index contributed by atoms with van der Waals surface area (Å²) in [5.74, 6) is 0.595. The minimum atomic E-state index is -4.47. The van der Waals surface area contributed by atoms with Crippen molar-refractivity contribution in [2.45, 2.75) is 6.18 Å². The molecule has 0 saturated carbocycles. The van der Waals surface area contributed by atoms with E-state index in [1.165, 1.54) is 12.1 Å². The van der Waals surface area contributed by atoms with Gasteiger partial charge >= 0.3 is 6.18 Å². The maximum absolute atomic E-state index is 12.8. The summed E-state index contributed by atoms with van der Waals surface area (Å²) in [5.41, 5.74) is 0.873. The van der Waals surface area contributed by atoms with Gasteiger partial charge in [-0.15, -0.1) is 0 Å². The minimum Gasteiger partial charge on any atom is -0.457 e. The Bertz CT molecular complexity index is 1070. The van der Waals surface area contributed by atoms with Crippen LogP contribution in [0.1, 0.15) is 16.9 Å². The van der Waals surface area contributed by atoms with Gasteiger partial charge in [0.05, 0.1) is 11.1 Å². The highest BCUT2D eigenvalue weighted by Gasteiger charge is 2.33. The fourth-order valence-corrected chi connectivity index (χ4v) is 3.12. The quantitative estimate of drug-likeness (QED) is 0.487. The average Bonchev–Trinajstić information content (AvgIpc) is 3.20. The zero-order chi connectivity index (χ0) is 19.2. The van der Waals surface area contributed by atoms with E-state index in [0.717, 1.165) is 22.2 Å². The van der Waals surface area contributed by atoms with Crippen molar-refractivity contribution in [2.75, 3.05) is 5.32 Å². The van der Waals surface area contributed by atoms with Crippen molar-refractivity contribution in [1.29, 1.82) is 0 Å². The lowest BCUT2D eigenvalue weighted by Crippen LogP contribution is -2.06. The molecule has 4 rings (SSSR count). The first-order chi connectivity index (χ1) is 12.8. The molecule has 0 aliphatic carbocycles. The molecule has 0 unspecified atom stereocenters. The average molecular weight is 434 g/mol. The number of fused-ring (bicyclic) bond motifs is 1. The zero-order valence-corrected chi connectivity index (χ0v) is 15.2. The number of hydrogen-bond donors (Lipinski definition) is 1. The van der Waals surface area contributed by atoms with Gasteiger partial charge in [-0.25, -0.2) is 0 Å². The predicted molar refractivity (Wildman–Crippen MR) is 99.8 cm³/mol. The molecule has 0 atom stereocenters. The molecule has 0 fully saturated rings. The van der Waals surface area contributed by atoms with Crippen molar-refractivity contribution in [3.05, 3.63) is 76.0 Å². The van der Waals surface area contributed by atoms with Crippen LogP contribution in [0.2, 0.25) is 0 Å². The zero-order valence-electron chi connectivity index (χ0n) is 13.6. The molecule has 1 aliphatic heterocycles. The Balaban J connectivity index is 1.68. The second kappa shape index (κ2) is 6.42. The smallest absolute Gasteiger partial charge is 0.416 e. The molecule has 1 aliphatic rings. The molecule has 3 nitrogen and oxygen atoms in total. The Morgan fingerprint density at radius 1 is 1.00 bits per heavy atom. The third-order valence-corrected chi connectivity index (χ3v) is 4.70. The lowest BCUT2D eigenvalue weighted by molar-refractivity contribution is -0.137. The van der Waals surface area contributed by atoms with Gasteiger partial charge in [-0.1, -0.05) is 34.1 Å². The van der Waals surface area contributed by atoms with E-state index in [-0.39, 0.29) is 11.3 Å². The van der Waals surface area contributed by atoms with Gasteiger partial charge in [-0.3, -0.25) is 4.79 Å². The number of alkyl halides is 3. The molecule has 1 aromatic heterocycles. The number of amides is 1. The lowest BCUT2D eigenvalue weighted by atomic mass is 10.0. The summed E-state index contributed by atoms with van der Waals surface area (Å²) in [5, 5.41) is 2.47. The van der Waals surface area contributed by atoms with Gasteiger partial charge in [0.1, 0.15) is 11.5 Å². The highest BCUT2D eigenvalue weighted by Crippen LogP contribution is 2.38. The molecular formula is C20H11BrF3NO2. The van der Waals surface area contributed by atoms with E-state index >= 15 is 0 Å². The predicted octanol–water partition coefficient (Wildman–Crippen LogP) is 6.22. The summed E-state index contributed by atoms with van der Waals surface area (Å²) < 4.78 is 45.2. The normalized spacial score (nSPS) is 15.1. The Hall–Kier alpha value is -2.80. The molecule has 0 saturated heterocycles. The highest BCUT2D eigenvalue weighted by molar-refractivity contribution is 9.10. The van der Waals surface area contributed by atoms with E-state index in [1.54, 1.807) is 12.1 Å². The lowest BCUT2D eigenvalue weighted by Gasteiger charge is -2.07. The fourth-order valence-electron chi connectivity index (χ4n) is 2.86. The van der Waals surface area contributed by atoms with Crippen LogP contribution in [-0.4, -0.2) is 5.91 Å². The molecule has 2 heterocycles. The van der Waals surface area contributed by atoms with Crippen molar-refractivity contribution < 1.29 is 22.4 Å². The van der Waals surface area contributed by atoms with Crippen LogP contribution < -0.4 is 5.32 Å². The van der Waals surface area contributed by atoms with Crippen LogP contribution in [-0.2, 0) is 11.0 Å². The van der Waals surface area contributed by atoms with Gasteiger partial charge in [-0.05, 0) is 42.5 Å². The summed E-state index contributed by atoms with van der Waals surface area (Å²) in [6.07, 6.45) is -2.94. The number of hydrogen-bond acceptors (Lipinski definition) is 2. The van der Waals surface area contributed by atoms with Gasteiger partial charge in [0, 0.05) is 21.3 Å². The molecule has 136 valence electrons. The molecule has 0 bridgehead atoms. The Kier molecular flexibility index (Phi) is 4.19. The number of furan rings is 1. The largest absolute Gasteiger partial charge is 0.457 e. The summed E-state index contributed by atoms with van der Waals surface area (Å²) in [6, 6.07) is 14.2. The summed E-state index contributed by atoms with van der Waals surface area (Å²) in [4.78, 5) is 12.2.